The maximum atomic E-state index is 13.1. The number of nitrogens with one attached hydrogen (secondary N) is 1. The number of halogens is 1. The second-order valence-corrected chi connectivity index (χ2v) is 9.36. The molecule has 1 fully saturated rings. The number of fused-ring (bicyclic) bond motifs is 1. The summed E-state index contributed by atoms with van der Waals surface area (Å²) in [6.07, 6.45) is 1.70. The molecule has 5 rings (SSSR count). The van der Waals surface area contributed by atoms with Gasteiger partial charge in [0.1, 0.15) is 5.75 Å². The van der Waals surface area contributed by atoms with Crippen LogP contribution in [0.25, 0.3) is 16.8 Å². The topological polar surface area (TPSA) is 67.8 Å². The standard InChI is InChI=1S/C27H17BrN2O3S/c28-19-13-14-23(33-26(32)22-12-6-8-17-7-4-5-11-21(17)22)18(15-19)16-24-25(31)30-27(34-24)29-20-9-2-1-3-10-20/h1-16H,(H,29,30,31)/b24-16-. The number of thioether (sulfide) groups is 1. The summed E-state index contributed by atoms with van der Waals surface area (Å²) >= 11 is 4.69. The predicted molar refractivity (Wildman–Crippen MR) is 140 cm³/mol. The van der Waals surface area contributed by atoms with E-state index >= 15 is 0 Å². The van der Waals surface area contributed by atoms with Crippen LogP contribution in [0.5, 0.6) is 5.75 Å². The number of aliphatic imine (C=N–C) groups is 1. The smallest absolute Gasteiger partial charge is 0.344 e. The van der Waals surface area contributed by atoms with Crippen LogP contribution in [-0.4, -0.2) is 17.0 Å². The molecule has 0 aromatic heterocycles. The highest BCUT2D eigenvalue weighted by Gasteiger charge is 2.25. The first-order chi connectivity index (χ1) is 16.6. The van der Waals surface area contributed by atoms with E-state index in [4.69, 9.17) is 4.74 Å². The van der Waals surface area contributed by atoms with E-state index in [1.807, 2.05) is 66.7 Å². The molecule has 1 amide bonds. The fourth-order valence-electron chi connectivity index (χ4n) is 3.52. The predicted octanol–water partition coefficient (Wildman–Crippen LogP) is 6.71. The SMILES string of the molecule is O=C1NC(=Nc2ccccc2)S/C1=C\c1cc(Br)ccc1OC(=O)c1cccc2ccccc12. The van der Waals surface area contributed by atoms with Gasteiger partial charge in [0.2, 0.25) is 0 Å². The number of nitrogens with zero attached hydrogens (tertiary/aromatic N) is 1. The summed E-state index contributed by atoms with van der Waals surface area (Å²) in [7, 11) is 0. The van der Waals surface area contributed by atoms with Crippen LogP contribution >= 0.6 is 27.7 Å². The van der Waals surface area contributed by atoms with Crippen LogP contribution in [-0.2, 0) is 4.79 Å². The first-order valence-electron chi connectivity index (χ1n) is 10.4. The van der Waals surface area contributed by atoms with Crippen molar-refractivity contribution in [2.24, 2.45) is 4.99 Å². The zero-order chi connectivity index (χ0) is 23.5. The lowest BCUT2D eigenvalue weighted by Gasteiger charge is -2.10. The zero-order valence-corrected chi connectivity index (χ0v) is 20.1. The summed E-state index contributed by atoms with van der Waals surface area (Å²) in [5.41, 5.74) is 1.82. The van der Waals surface area contributed by atoms with E-state index < -0.39 is 5.97 Å². The van der Waals surface area contributed by atoms with Crippen molar-refractivity contribution < 1.29 is 14.3 Å². The third-order valence-corrected chi connectivity index (χ3v) is 6.51. The van der Waals surface area contributed by atoms with E-state index in [1.165, 1.54) is 11.8 Å². The fourth-order valence-corrected chi connectivity index (χ4v) is 4.74. The Morgan fingerprint density at radius 1 is 0.941 bits per heavy atom. The molecule has 1 aliphatic heterocycles. The number of esters is 1. The molecule has 0 bridgehead atoms. The second kappa shape index (κ2) is 9.67. The van der Waals surface area contributed by atoms with Crippen LogP contribution in [0.15, 0.2) is 105 Å². The Bertz CT molecular complexity index is 1480. The van der Waals surface area contributed by atoms with Crippen LogP contribution in [0.2, 0.25) is 0 Å². The number of amides is 1. The third kappa shape index (κ3) is 4.81. The molecule has 5 nitrogen and oxygen atoms in total. The van der Waals surface area contributed by atoms with Gasteiger partial charge in [0.05, 0.1) is 16.2 Å². The van der Waals surface area contributed by atoms with Crippen molar-refractivity contribution in [3.63, 3.8) is 0 Å². The van der Waals surface area contributed by atoms with Gasteiger partial charge in [0.25, 0.3) is 5.91 Å². The first kappa shape index (κ1) is 22.1. The van der Waals surface area contributed by atoms with E-state index in [1.54, 1.807) is 30.3 Å². The number of hydrogen-bond donors (Lipinski definition) is 1. The molecule has 0 radical (unpaired) electrons. The van der Waals surface area contributed by atoms with Gasteiger partial charge in [-0.3, -0.25) is 4.79 Å². The molecular formula is C27H17BrN2O3S. The molecule has 166 valence electrons. The molecule has 1 aliphatic rings. The van der Waals surface area contributed by atoms with Crippen molar-refractivity contribution in [1.82, 2.24) is 5.32 Å². The first-order valence-corrected chi connectivity index (χ1v) is 12.0. The fraction of sp³-hybridized carbons (Fsp3) is 0. The number of ether oxygens (including phenoxy) is 1. The summed E-state index contributed by atoms with van der Waals surface area (Å²) in [5.74, 6) is -0.366. The van der Waals surface area contributed by atoms with Gasteiger partial charge in [-0.15, -0.1) is 0 Å². The molecule has 4 aromatic rings. The number of amidine groups is 1. The van der Waals surface area contributed by atoms with Crippen LogP contribution in [0.3, 0.4) is 0 Å². The molecule has 34 heavy (non-hydrogen) atoms. The summed E-state index contributed by atoms with van der Waals surface area (Å²) < 4.78 is 6.58. The van der Waals surface area contributed by atoms with Gasteiger partial charge in [-0.2, -0.15) is 0 Å². The molecule has 4 aromatic carbocycles. The molecule has 1 N–H and O–H groups in total. The lowest BCUT2D eigenvalue weighted by molar-refractivity contribution is -0.115. The quantitative estimate of drug-likeness (QED) is 0.181. The molecule has 0 saturated carbocycles. The lowest BCUT2D eigenvalue weighted by atomic mass is 10.0. The van der Waals surface area contributed by atoms with Crippen LogP contribution < -0.4 is 10.1 Å². The van der Waals surface area contributed by atoms with Crippen molar-refractivity contribution in [2.45, 2.75) is 0 Å². The molecular weight excluding hydrogens is 512 g/mol. The summed E-state index contributed by atoms with van der Waals surface area (Å²) in [6, 6.07) is 27.9. The van der Waals surface area contributed by atoms with Crippen LogP contribution in [0.4, 0.5) is 5.69 Å². The second-order valence-electron chi connectivity index (χ2n) is 7.42. The molecule has 1 heterocycles. The van der Waals surface area contributed by atoms with Gasteiger partial charge >= 0.3 is 5.97 Å². The summed E-state index contributed by atoms with van der Waals surface area (Å²) in [6.45, 7) is 0. The van der Waals surface area contributed by atoms with E-state index in [-0.39, 0.29) is 5.91 Å². The lowest BCUT2D eigenvalue weighted by Crippen LogP contribution is -2.19. The molecule has 0 spiro atoms. The highest BCUT2D eigenvalue weighted by Crippen LogP contribution is 2.32. The van der Waals surface area contributed by atoms with Crippen molar-refractivity contribution in [3.05, 3.63) is 112 Å². The number of carbonyl (C=O) groups is 2. The Morgan fingerprint density at radius 3 is 2.56 bits per heavy atom. The average Bonchev–Trinajstić information content (AvgIpc) is 3.19. The van der Waals surface area contributed by atoms with Crippen molar-refractivity contribution in [3.8, 4) is 5.75 Å². The van der Waals surface area contributed by atoms with Gasteiger partial charge in [0.15, 0.2) is 5.17 Å². The van der Waals surface area contributed by atoms with E-state index in [9.17, 15) is 9.59 Å². The van der Waals surface area contributed by atoms with Crippen molar-refractivity contribution in [1.29, 1.82) is 0 Å². The molecule has 1 saturated heterocycles. The van der Waals surface area contributed by atoms with E-state index in [2.05, 4.69) is 26.2 Å². The number of rotatable bonds is 4. The highest BCUT2D eigenvalue weighted by atomic mass is 79.9. The number of benzene rings is 4. The van der Waals surface area contributed by atoms with Gasteiger partial charge in [0, 0.05) is 10.0 Å². The van der Waals surface area contributed by atoms with Gasteiger partial charge < -0.3 is 10.1 Å². The maximum Gasteiger partial charge on any atom is 0.344 e. The molecule has 7 heteroatoms. The van der Waals surface area contributed by atoms with Crippen LogP contribution in [0, 0.1) is 0 Å². The van der Waals surface area contributed by atoms with Crippen LogP contribution in [0.1, 0.15) is 15.9 Å². The Kier molecular flexibility index (Phi) is 6.29. The Hall–Kier alpha value is -3.68. The largest absolute Gasteiger partial charge is 0.422 e. The maximum absolute atomic E-state index is 13.1. The van der Waals surface area contributed by atoms with Gasteiger partial charge in [-0.1, -0.05) is 70.5 Å². The monoisotopic (exact) mass is 528 g/mol. The van der Waals surface area contributed by atoms with E-state index in [0.29, 0.717) is 26.9 Å². The minimum atomic E-state index is -0.464. The van der Waals surface area contributed by atoms with E-state index in [0.717, 1.165) is 20.9 Å². The average molecular weight is 529 g/mol. The third-order valence-electron chi connectivity index (χ3n) is 5.11. The van der Waals surface area contributed by atoms with Crippen molar-refractivity contribution >= 4 is 67.3 Å². The summed E-state index contributed by atoms with van der Waals surface area (Å²) in [5, 5.41) is 5.05. The minimum Gasteiger partial charge on any atom is -0.422 e. The zero-order valence-electron chi connectivity index (χ0n) is 17.7. The molecule has 0 unspecified atom stereocenters. The highest BCUT2D eigenvalue weighted by molar-refractivity contribution is 9.10. The van der Waals surface area contributed by atoms with Crippen molar-refractivity contribution in [2.75, 3.05) is 0 Å². The summed E-state index contributed by atoms with van der Waals surface area (Å²) in [4.78, 5) is 30.6. The Labute approximate surface area is 208 Å². The molecule has 0 atom stereocenters. The number of para-hydroxylation sites is 1. The minimum absolute atomic E-state index is 0.258. The number of hydrogen-bond acceptors (Lipinski definition) is 5. The van der Waals surface area contributed by atoms with Gasteiger partial charge in [-0.25, -0.2) is 9.79 Å². The Morgan fingerprint density at radius 2 is 1.71 bits per heavy atom. The number of carbonyl (C=O) groups excluding carboxylic acids is 2. The Balaban J connectivity index is 1.44. The van der Waals surface area contributed by atoms with Gasteiger partial charge in [-0.05, 0) is 65.0 Å². The molecule has 0 aliphatic carbocycles. The normalized spacial score (nSPS) is 15.6.